The second-order valence-electron chi connectivity index (χ2n) is 4.63. The molecule has 0 aliphatic carbocycles. The largest absolute Gasteiger partial charge is 0.347 e. The minimum absolute atomic E-state index is 0.110. The lowest BCUT2D eigenvalue weighted by Gasteiger charge is -2.06. The number of benzene rings is 1. The predicted molar refractivity (Wildman–Crippen MR) is 79.8 cm³/mol. The number of amides is 1. The topological polar surface area (TPSA) is 46.9 Å². The van der Waals surface area contributed by atoms with Gasteiger partial charge in [-0.15, -0.1) is 11.6 Å². The Kier molecular flexibility index (Phi) is 4.79. The molecular weight excluding hydrogens is 274 g/mol. The normalized spacial score (nSPS) is 10.6. The molecule has 0 radical (unpaired) electrons. The number of rotatable bonds is 5. The van der Waals surface area contributed by atoms with Gasteiger partial charge in [-0.3, -0.25) is 9.48 Å². The fourth-order valence-corrected chi connectivity index (χ4v) is 2.11. The number of nitrogens with one attached hydrogen (secondary N) is 1. The van der Waals surface area contributed by atoms with Crippen molar-refractivity contribution in [3.63, 3.8) is 0 Å². The molecule has 0 fully saturated rings. The molecule has 2 aromatic rings. The molecule has 5 heteroatoms. The number of hydrogen-bond donors (Lipinski definition) is 1. The first kappa shape index (κ1) is 14.6. The molecule has 106 valence electrons. The highest BCUT2D eigenvalue weighted by molar-refractivity contribution is 6.17. The molecule has 1 aromatic heterocycles. The van der Waals surface area contributed by atoms with Gasteiger partial charge in [0.05, 0.1) is 5.69 Å². The van der Waals surface area contributed by atoms with Gasteiger partial charge in [-0.1, -0.05) is 31.2 Å². The standard InChI is InChI=1S/C15H18ClN3O/c1-3-13-8-14(19(2)18-13)15(20)17-10-12-6-4-11(9-16)5-7-12/h4-8H,3,9-10H2,1-2H3,(H,17,20). The Labute approximate surface area is 123 Å². The third kappa shape index (κ3) is 3.39. The molecule has 0 spiro atoms. The maximum atomic E-state index is 12.1. The fraction of sp³-hybridized carbons (Fsp3) is 0.333. The van der Waals surface area contributed by atoms with Crippen molar-refractivity contribution in [2.24, 2.45) is 7.05 Å². The molecule has 1 amide bonds. The number of carbonyl (C=O) groups is 1. The maximum absolute atomic E-state index is 12.1. The van der Waals surface area contributed by atoms with Gasteiger partial charge in [0.25, 0.3) is 5.91 Å². The van der Waals surface area contributed by atoms with Crippen LogP contribution in [0.2, 0.25) is 0 Å². The molecule has 20 heavy (non-hydrogen) atoms. The highest BCUT2D eigenvalue weighted by Gasteiger charge is 2.12. The SMILES string of the molecule is CCc1cc(C(=O)NCc2ccc(CCl)cc2)n(C)n1. The van der Waals surface area contributed by atoms with E-state index in [0.717, 1.165) is 23.2 Å². The minimum atomic E-state index is -0.110. The monoisotopic (exact) mass is 291 g/mol. The van der Waals surface area contributed by atoms with Gasteiger partial charge in [-0.05, 0) is 23.6 Å². The van der Waals surface area contributed by atoms with Crippen LogP contribution in [0.3, 0.4) is 0 Å². The number of halogens is 1. The summed E-state index contributed by atoms with van der Waals surface area (Å²) < 4.78 is 1.62. The number of aromatic nitrogens is 2. The Morgan fingerprint density at radius 1 is 1.30 bits per heavy atom. The first-order valence-corrected chi connectivity index (χ1v) is 7.12. The number of hydrogen-bond acceptors (Lipinski definition) is 2. The van der Waals surface area contributed by atoms with Gasteiger partial charge in [0, 0.05) is 19.5 Å². The Morgan fingerprint density at radius 2 is 1.95 bits per heavy atom. The molecule has 0 bridgehead atoms. The Morgan fingerprint density at radius 3 is 2.50 bits per heavy atom. The first-order chi connectivity index (χ1) is 9.63. The molecule has 0 saturated carbocycles. The summed E-state index contributed by atoms with van der Waals surface area (Å²) in [6.45, 7) is 2.51. The van der Waals surface area contributed by atoms with Crippen LogP contribution in [0, 0.1) is 0 Å². The van der Waals surface area contributed by atoms with Crippen LogP contribution in [-0.4, -0.2) is 15.7 Å². The summed E-state index contributed by atoms with van der Waals surface area (Å²) >= 11 is 5.74. The van der Waals surface area contributed by atoms with Crippen LogP contribution in [-0.2, 0) is 25.9 Å². The zero-order valence-electron chi connectivity index (χ0n) is 11.7. The summed E-state index contributed by atoms with van der Waals surface area (Å²) in [5.74, 6) is 0.391. The van der Waals surface area contributed by atoms with Crippen molar-refractivity contribution < 1.29 is 4.79 Å². The fourth-order valence-electron chi connectivity index (χ4n) is 1.93. The quantitative estimate of drug-likeness (QED) is 0.861. The van der Waals surface area contributed by atoms with Crippen LogP contribution in [0.1, 0.15) is 34.2 Å². The van der Waals surface area contributed by atoms with Gasteiger partial charge in [0.1, 0.15) is 5.69 Å². The molecule has 2 rings (SSSR count). The van der Waals surface area contributed by atoms with Gasteiger partial charge in [-0.2, -0.15) is 5.10 Å². The van der Waals surface area contributed by atoms with Crippen molar-refractivity contribution in [1.29, 1.82) is 0 Å². The molecular formula is C15H18ClN3O. The van der Waals surface area contributed by atoms with Gasteiger partial charge in [-0.25, -0.2) is 0 Å². The molecule has 1 N–H and O–H groups in total. The van der Waals surface area contributed by atoms with Crippen LogP contribution < -0.4 is 5.32 Å². The smallest absolute Gasteiger partial charge is 0.269 e. The molecule has 0 atom stereocenters. The Hall–Kier alpha value is -1.81. The summed E-state index contributed by atoms with van der Waals surface area (Å²) in [6.07, 6.45) is 0.820. The summed E-state index contributed by atoms with van der Waals surface area (Å²) in [4.78, 5) is 12.1. The molecule has 1 heterocycles. The summed E-state index contributed by atoms with van der Waals surface area (Å²) in [5, 5.41) is 7.17. The first-order valence-electron chi connectivity index (χ1n) is 6.59. The van der Waals surface area contributed by atoms with Crippen LogP contribution in [0.15, 0.2) is 30.3 Å². The molecule has 1 aromatic carbocycles. The highest BCUT2D eigenvalue weighted by atomic mass is 35.5. The second kappa shape index (κ2) is 6.57. The lowest BCUT2D eigenvalue weighted by Crippen LogP contribution is -2.25. The van der Waals surface area contributed by atoms with E-state index in [2.05, 4.69) is 10.4 Å². The van der Waals surface area contributed by atoms with E-state index < -0.39 is 0 Å². The molecule has 0 unspecified atom stereocenters. The summed E-state index contributed by atoms with van der Waals surface area (Å²) in [7, 11) is 1.78. The van der Waals surface area contributed by atoms with Gasteiger partial charge in [0.15, 0.2) is 0 Å². The van der Waals surface area contributed by atoms with E-state index in [4.69, 9.17) is 11.6 Å². The van der Waals surface area contributed by atoms with Crippen molar-refractivity contribution in [2.75, 3.05) is 0 Å². The van der Waals surface area contributed by atoms with Crippen molar-refractivity contribution in [2.45, 2.75) is 25.8 Å². The number of alkyl halides is 1. The Bertz CT molecular complexity index is 590. The summed E-state index contributed by atoms with van der Waals surface area (Å²) in [5.41, 5.74) is 3.62. The van der Waals surface area contributed by atoms with E-state index >= 15 is 0 Å². The lowest BCUT2D eigenvalue weighted by atomic mass is 10.1. The van der Waals surface area contributed by atoms with Gasteiger partial charge >= 0.3 is 0 Å². The molecule has 4 nitrogen and oxygen atoms in total. The average Bonchev–Trinajstić information content (AvgIpc) is 2.86. The van der Waals surface area contributed by atoms with E-state index in [9.17, 15) is 4.79 Å². The van der Waals surface area contributed by atoms with Crippen molar-refractivity contribution >= 4 is 17.5 Å². The van der Waals surface area contributed by atoms with E-state index in [1.54, 1.807) is 11.7 Å². The summed E-state index contributed by atoms with van der Waals surface area (Å²) in [6, 6.07) is 9.70. The average molecular weight is 292 g/mol. The van der Waals surface area contributed by atoms with Crippen LogP contribution >= 0.6 is 11.6 Å². The van der Waals surface area contributed by atoms with Gasteiger partial charge < -0.3 is 5.32 Å². The third-order valence-electron chi connectivity index (χ3n) is 3.16. The third-order valence-corrected chi connectivity index (χ3v) is 3.46. The molecule has 0 aliphatic heterocycles. The highest BCUT2D eigenvalue weighted by Crippen LogP contribution is 2.08. The lowest BCUT2D eigenvalue weighted by molar-refractivity contribution is 0.0941. The zero-order valence-corrected chi connectivity index (χ0v) is 12.4. The van der Waals surface area contributed by atoms with E-state index in [1.807, 2.05) is 37.3 Å². The van der Waals surface area contributed by atoms with Crippen molar-refractivity contribution in [3.8, 4) is 0 Å². The molecule has 0 saturated heterocycles. The van der Waals surface area contributed by atoms with E-state index in [-0.39, 0.29) is 5.91 Å². The van der Waals surface area contributed by atoms with Gasteiger partial charge in [0.2, 0.25) is 0 Å². The number of aryl methyl sites for hydroxylation is 2. The molecule has 0 aliphatic rings. The zero-order chi connectivity index (χ0) is 14.5. The number of nitrogens with zero attached hydrogens (tertiary/aromatic N) is 2. The van der Waals surface area contributed by atoms with Crippen molar-refractivity contribution in [3.05, 3.63) is 52.8 Å². The second-order valence-corrected chi connectivity index (χ2v) is 4.90. The predicted octanol–water partition coefficient (Wildman–Crippen LogP) is 2.65. The minimum Gasteiger partial charge on any atom is -0.347 e. The van der Waals surface area contributed by atoms with Crippen LogP contribution in [0.25, 0.3) is 0 Å². The van der Waals surface area contributed by atoms with E-state index in [0.29, 0.717) is 18.1 Å². The van der Waals surface area contributed by atoms with Crippen LogP contribution in [0.4, 0.5) is 0 Å². The van der Waals surface area contributed by atoms with Crippen molar-refractivity contribution in [1.82, 2.24) is 15.1 Å². The maximum Gasteiger partial charge on any atom is 0.269 e. The van der Waals surface area contributed by atoms with E-state index in [1.165, 1.54) is 0 Å². The van der Waals surface area contributed by atoms with Crippen LogP contribution in [0.5, 0.6) is 0 Å². The Balaban J connectivity index is 1.98. The number of carbonyl (C=O) groups excluding carboxylic acids is 1.